The molecular formula is C19H20BrNO5S. The minimum Gasteiger partial charge on any atom is -0.489 e. The van der Waals surface area contributed by atoms with Gasteiger partial charge in [-0.05, 0) is 42.0 Å². The Bertz CT molecular complexity index is 790. The van der Waals surface area contributed by atoms with Crippen molar-refractivity contribution in [3.63, 3.8) is 0 Å². The van der Waals surface area contributed by atoms with Crippen LogP contribution < -0.4 is 4.74 Å². The van der Waals surface area contributed by atoms with Gasteiger partial charge in [-0.15, -0.1) is 0 Å². The number of halogens is 1. The zero-order valence-corrected chi connectivity index (χ0v) is 17.5. The lowest BCUT2D eigenvalue weighted by molar-refractivity contribution is -0.147. The van der Waals surface area contributed by atoms with Gasteiger partial charge in [0, 0.05) is 10.0 Å². The highest BCUT2D eigenvalue weighted by atomic mass is 79.9. The van der Waals surface area contributed by atoms with E-state index in [1.54, 1.807) is 24.3 Å². The molecule has 1 saturated heterocycles. The van der Waals surface area contributed by atoms with E-state index in [0.29, 0.717) is 17.9 Å². The first-order valence-corrected chi connectivity index (χ1v) is 9.87. The smallest absolute Gasteiger partial charge is 0.326 e. The minimum absolute atomic E-state index is 0.175. The van der Waals surface area contributed by atoms with E-state index in [4.69, 9.17) is 9.47 Å². The Kier molecular flexibility index (Phi) is 7.67. The number of carbonyl (C=O) groups excluding carboxylic acids is 3. The van der Waals surface area contributed by atoms with Crippen molar-refractivity contribution in [2.75, 3.05) is 19.8 Å². The van der Waals surface area contributed by atoms with Gasteiger partial charge in [-0.2, -0.15) is 0 Å². The Morgan fingerprint density at radius 1 is 1.37 bits per heavy atom. The fraction of sp³-hybridized carbons (Fsp3) is 0.316. The highest BCUT2D eigenvalue weighted by Gasteiger charge is 2.36. The van der Waals surface area contributed by atoms with Gasteiger partial charge in [0.2, 0.25) is 0 Å². The van der Waals surface area contributed by atoms with Gasteiger partial charge in [0.25, 0.3) is 11.1 Å². The molecule has 144 valence electrons. The summed E-state index contributed by atoms with van der Waals surface area (Å²) < 4.78 is 11.4. The number of benzene rings is 1. The van der Waals surface area contributed by atoms with Crippen molar-refractivity contribution >= 4 is 50.9 Å². The third-order valence-corrected chi connectivity index (χ3v) is 4.75. The van der Waals surface area contributed by atoms with Crippen LogP contribution >= 0.6 is 27.7 Å². The first kappa shape index (κ1) is 21.2. The Labute approximate surface area is 170 Å². The number of ether oxygens (including phenoxy) is 2. The quantitative estimate of drug-likeness (QED) is 0.332. The summed E-state index contributed by atoms with van der Waals surface area (Å²) in [6, 6.07) is 5.35. The van der Waals surface area contributed by atoms with Gasteiger partial charge in [0.05, 0.1) is 11.5 Å². The summed E-state index contributed by atoms with van der Waals surface area (Å²) in [5.41, 5.74) is 0.638. The number of imide groups is 1. The van der Waals surface area contributed by atoms with Gasteiger partial charge in [0.15, 0.2) is 0 Å². The first-order chi connectivity index (χ1) is 12.8. The summed E-state index contributed by atoms with van der Waals surface area (Å²) in [5.74, 6) is -0.402. The van der Waals surface area contributed by atoms with Crippen molar-refractivity contribution < 1.29 is 23.9 Å². The largest absolute Gasteiger partial charge is 0.489 e. The summed E-state index contributed by atoms with van der Waals surface area (Å²) >= 11 is 4.16. The van der Waals surface area contributed by atoms with Crippen LogP contribution in [0.15, 0.2) is 40.2 Å². The van der Waals surface area contributed by atoms with Crippen LogP contribution in [0.5, 0.6) is 5.75 Å². The van der Waals surface area contributed by atoms with Gasteiger partial charge in [-0.25, -0.2) is 0 Å². The van der Waals surface area contributed by atoms with Crippen molar-refractivity contribution in [3.05, 3.63) is 45.8 Å². The zero-order chi connectivity index (χ0) is 20.0. The number of hydrogen-bond acceptors (Lipinski definition) is 6. The standard InChI is InChI=1S/C19H20BrNO5S/c1-4-7-25-15-6-5-14(20)8-13(15)9-16-18(23)21(19(24)27-16)10-17(22)26-11-12(2)3/h4-6,8-9,12H,1,7,10-11H2,2-3H3/b16-9+. The van der Waals surface area contributed by atoms with Crippen LogP contribution in [0.3, 0.4) is 0 Å². The monoisotopic (exact) mass is 453 g/mol. The highest BCUT2D eigenvalue weighted by molar-refractivity contribution is 9.10. The van der Waals surface area contributed by atoms with E-state index in [1.165, 1.54) is 0 Å². The molecule has 0 spiro atoms. The van der Waals surface area contributed by atoms with Gasteiger partial charge in [0.1, 0.15) is 18.9 Å². The van der Waals surface area contributed by atoms with Crippen molar-refractivity contribution in [2.45, 2.75) is 13.8 Å². The maximum atomic E-state index is 12.5. The second-order valence-corrected chi connectivity index (χ2v) is 8.04. The molecule has 1 aliphatic rings. The minimum atomic E-state index is -0.607. The van der Waals surface area contributed by atoms with Crippen LogP contribution in [0.1, 0.15) is 19.4 Å². The molecule has 0 saturated carbocycles. The average Bonchev–Trinajstić information content (AvgIpc) is 2.87. The van der Waals surface area contributed by atoms with E-state index in [0.717, 1.165) is 21.1 Å². The maximum Gasteiger partial charge on any atom is 0.326 e. The Hall–Kier alpha value is -2.06. The Morgan fingerprint density at radius 3 is 2.78 bits per heavy atom. The molecule has 0 aromatic heterocycles. The van der Waals surface area contributed by atoms with E-state index in [1.807, 2.05) is 19.9 Å². The summed E-state index contributed by atoms with van der Waals surface area (Å²) in [5, 5.41) is -0.503. The van der Waals surface area contributed by atoms with E-state index >= 15 is 0 Å². The van der Waals surface area contributed by atoms with Gasteiger partial charge < -0.3 is 9.47 Å². The van der Waals surface area contributed by atoms with Crippen LogP contribution in [-0.4, -0.2) is 41.8 Å². The molecule has 8 heteroatoms. The number of hydrogen-bond donors (Lipinski definition) is 0. The molecular weight excluding hydrogens is 434 g/mol. The average molecular weight is 454 g/mol. The van der Waals surface area contributed by atoms with E-state index in [2.05, 4.69) is 22.5 Å². The van der Waals surface area contributed by atoms with Crippen molar-refractivity contribution in [2.24, 2.45) is 5.92 Å². The number of nitrogens with zero attached hydrogens (tertiary/aromatic N) is 1. The first-order valence-electron chi connectivity index (χ1n) is 8.26. The molecule has 0 N–H and O–H groups in total. The third kappa shape index (κ3) is 5.97. The Morgan fingerprint density at radius 2 is 2.11 bits per heavy atom. The van der Waals surface area contributed by atoms with Crippen LogP contribution in [-0.2, 0) is 14.3 Å². The second-order valence-electron chi connectivity index (χ2n) is 6.13. The molecule has 27 heavy (non-hydrogen) atoms. The molecule has 2 amide bonds. The lowest BCUT2D eigenvalue weighted by Gasteiger charge is -2.12. The summed E-state index contributed by atoms with van der Waals surface area (Å²) in [7, 11) is 0. The molecule has 0 unspecified atom stereocenters. The summed E-state index contributed by atoms with van der Waals surface area (Å²) in [6.45, 7) is 7.57. The molecule has 1 aromatic rings. The third-order valence-electron chi connectivity index (χ3n) is 3.35. The van der Waals surface area contributed by atoms with Crippen molar-refractivity contribution in [1.29, 1.82) is 0 Å². The number of rotatable bonds is 8. The highest BCUT2D eigenvalue weighted by Crippen LogP contribution is 2.34. The van der Waals surface area contributed by atoms with Gasteiger partial charge in [-0.1, -0.05) is 42.4 Å². The van der Waals surface area contributed by atoms with E-state index in [-0.39, 0.29) is 17.4 Å². The molecule has 1 heterocycles. The van der Waals surface area contributed by atoms with E-state index < -0.39 is 23.7 Å². The molecule has 0 atom stereocenters. The predicted molar refractivity (Wildman–Crippen MR) is 108 cm³/mol. The van der Waals surface area contributed by atoms with Crippen LogP contribution in [0, 0.1) is 5.92 Å². The molecule has 2 rings (SSSR count). The molecule has 1 aromatic carbocycles. The summed E-state index contributed by atoms with van der Waals surface area (Å²) in [4.78, 5) is 37.6. The van der Waals surface area contributed by atoms with Crippen molar-refractivity contribution in [1.82, 2.24) is 4.90 Å². The SMILES string of the molecule is C=CCOc1ccc(Br)cc1/C=C1/SC(=O)N(CC(=O)OCC(C)C)C1=O. The number of carbonyl (C=O) groups is 3. The van der Waals surface area contributed by atoms with Crippen LogP contribution in [0.4, 0.5) is 4.79 Å². The summed E-state index contributed by atoms with van der Waals surface area (Å²) in [6.07, 6.45) is 3.19. The topological polar surface area (TPSA) is 72.9 Å². The molecule has 0 aliphatic carbocycles. The molecule has 1 fully saturated rings. The van der Waals surface area contributed by atoms with Crippen LogP contribution in [0.2, 0.25) is 0 Å². The van der Waals surface area contributed by atoms with Gasteiger partial charge >= 0.3 is 5.97 Å². The molecule has 1 aliphatic heterocycles. The van der Waals surface area contributed by atoms with Gasteiger partial charge in [-0.3, -0.25) is 19.3 Å². The molecule has 0 radical (unpaired) electrons. The predicted octanol–water partition coefficient (Wildman–Crippen LogP) is 4.25. The zero-order valence-electron chi connectivity index (χ0n) is 15.1. The fourth-order valence-electron chi connectivity index (χ4n) is 2.12. The second kappa shape index (κ2) is 9.75. The number of amides is 2. The lowest BCUT2D eigenvalue weighted by atomic mass is 10.2. The fourth-order valence-corrected chi connectivity index (χ4v) is 3.33. The van der Waals surface area contributed by atoms with E-state index in [9.17, 15) is 14.4 Å². The Balaban J connectivity index is 2.17. The molecule has 0 bridgehead atoms. The number of esters is 1. The molecule has 6 nitrogen and oxygen atoms in total. The van der Waals surface area contributed by atoms with Crippen LogP contribution in [0.25, 0.3) is 6.08 Å². The maximum absolute atomic E-state index is 12.5. The normalized spacial score (nSPS) is 15.6. The number of thioether (sulfide) groups is 1. The van der Waals surface area contributed by atoms with Crippen molar-refractivity contribution in [3.8, 4) is 5.75 Å². The lowest BCUT2D eigenvalue weighted by Crippen LogP contribution is -2.34.